The molecule has 19 heavy (non-hydrogen) atoms. The number of aliphatic hydroxyl groups is 1. The Morgan fingerprint density at radius 2 is 1.89 bits per heavy atom. The summed E-state index contributed by atoms with van der Waals surface area (Å²) in [6.07, 6.45) is -0.589. The molecule has 1 aromatic rings. The normalized spacial score (nSPS) is 14.2. The number of aliphatic hydroxyl groups excluding tert-OH is 1. The van der Waals surface area contributed by atoms with Crippen LogP contribution in [0.4, 0.5) is 0 Å². The Morgan fingerprint density at radius 1 is 1.32 bits per heavy atom. The van der Waals surface area contributed by atoms with E-state index < -0.39 is 18.1 Å². The molecule has 0 aliphatic rings. The average Bonchev–Trinajstić information content (AvgIpc) is 2.35. The monoisotopic (exact) mass is 267 g/mol. The van der Waals surface area contributed by atoms with Crippen molar-refractivity contribution in [2.45, 2.75) is 44.9 Å². The number of carboxylic acids is 1. The highest BCUT2D eigenvalue weighted by molar-refractivity contribution is 5.66. The standard InChI is InChI=1S/C14H21NO4/c1-9(2)19-11-5-3-10(4-6-11)14(18)12(15)7-8-13(16)17/h3-6,9,12,14,18H,7-8,15H2,1-2H3,(H,16,17). The number of hydrogen-bond donors (Lipinski definition) is 3. The Morgan fingerprint density at radius 3 is 2.37 bits per heavy atom. The van der Waals surface area contributed by atoms with Crippen molar-refractivity contribution in [3.63, 3.8) is 0 Å². The van der Waals surface area contributed by atoms with Crippen molar-refractivity contribution in [1.82, 2.24) is 0 Å². The van der Waals surface area contributed by atoms with E-state index in [0.29, 0.717) is 5.56 Å². The van der Waals surface area contributed by atoms with Crippen LogP contribution in [0.5, 0.6) is 5.75 Å². The van der Waals surface area contributed by atoms with Crippen LogP contribution in [0.1, 0.15) is 38.4 Å². The summed E-state index contributed by atoms with van der Waals surface area (Å²) >= 11 is 0. The fraction of sp³-hybridized carbons (Fsp3) is 0.500. The molecule has 0 saturated heterocycles. The summed E-state index contributed by atoms with van der Waals surface area (Å²) in [5, 5.41) is 18.6. The van der Waals surface area contributed by atoms with E-state index in [1.165, 1.54) is 0 Å². The van der Waals surface area contributed by atoms with Gasteiger partial charge in [0.2, 0.25) is 0 Å². The summed E-state index contributed by atoms with van der Waals surface area (Å²) in [7, 11) is 0. The molecule has 0 amide bonds. The lowest BCUT2D eigenvalue weighted by Crippen LogP contribution is -2.29. The molecule has 106 valence electrons. The second-order valence-electron chi connectivity index (χ2n) is 4.78. The topological polar surface area (TPSA) is 92.8 Å². The highest BCUT2D eigenvalue weighted by Crippen LogP contribution is 2.22. The maximum Gasteiger partial charge on any atom is 0.303 e. The molecule has 0 aliphatic heterocycles. The van der Waals surface area contributed by atoms with Crippen LogP contribution in [0.3, 0.4) is 0 Å². The van der Waals surface area contributed by atoms with Crippen molar-refractivity contribution < 1.29 is 19.7 Å². The minimum absolute atomic E-state index is 0.0488. The van der Waals surface area contributed by atoms with Crippen LogP contribution in [0.15, 0.2) is 24.3 Å². The number of carboxylic acid groups (broad SMARTS) is 1. The summed E-state index contributed by atoms with van der Waals surface area (Å²) in [5.41, 5.74) is 6.43. The quantitative estimate of drug-likeness (QED) is 0.699. The lowest BCUT2D eigenvalue weighted by molar-refractivity contribution is -0.137. The molecule has 0 aromatic heterocycles. The first-order chi connectivity index (χ1) is 8.90. The van der Waals surface area contributed by atoms with Crippen LogP contribution in [0.25, 0.3) is 0 Å². The minimum Gasteiger partial charge on any atom is -0.491 e. The van der Waals surface area contributed by atoms with Crippen molar-refractivity contribution in [3.05, 3.63) is 29.8 Å². The Labute approximate surface area is 113 Å². The van der Waals surface area contributed by atoms with Crippen LogP contribution in [-0.2, 0) is 4.79 Å². The Balaban J connectivity index is 2.61. The van der Waals surface area contributed by atoms with Gasteiger partial charge in [-0.25, -0.2) is 0 Å². The van der Waals surface area contributed by atoms with Gasteiger partial charge in [-0.15, -0.1) is 0 Å². The third-order valence-electron chi connectivity index (χ3n) is 2.69. The molecule has 1 aromatic carbocycles. The van der Waals surface area contributed by atoms with E-state index in [1.807, 2.05) is 13.8 Å². The van der Waals surface area contributed by atoms with Gasteiger partial charge in [0.1, 0.15) is 5.75 Å². The zero-order chi connectivity index (χ0) is 14.4. The lowest BCUT2D eigenvalue weighted by Gasteiger charge is -2.19. The van der Waals surface area contributed by atoms with Gasteiger partial charge < -0.3 is 20.7 Å². The van der Waals surface area contributed by atoms with Gasteiger partial charge in [-0.2, -0.15) is 0 Å². The molecule has 0 bridgehead atoms. The van der Waals surface area contributed by atoms with Crippen molar-refractivity contribution >= 4 is 5.97 Å². The van der Waals surface area contributed by atoms with Gasteiger partial charge in [-0.05, 0) is 38.0 Å². The largest absolute Gasteiger partial charge is 0.491 e. The van der Waals surface area contributed by atoms with Crippen LogP contribution < -0.4 is 10.5 Å². The summed E-state index contributed by atoms with van der Waals surface area (Å²) < 4.78 is 5.50. The van der Waals surface area contributed by atoms with Crippen molar-refractivity contribution in [3.8, 4) is 5.75 Å². The van der Waals surface area contributed by atoms with Crippen LogP contribution in [-0.4, -0.2) is 28.3 Å². The molecule has 0 fully saturated rings. The van der Waals surface area contributed by atoms with E-state index in [0.717, 1.165) is 5.75 Å². The second-order valence-corrected chi connectivity index (χ2v) is 4.78. The van der Waals surface area contributed by atoms with Crippen LogP contribution in [0.2, 0.25) is 0 Å². The molecule has 0 saturated carbocycles. The minimum atomic E-state index is -0.914. The molecule has 5 heteroatoms. The van der Waals surface area contributed by atoms with Gasteiger partial charge >= 0.3 is 5.97 Å². The summed E-state index contributed by atoms with van der Waals surface area (Å²) in [6, 6.07) is 6.42. The fourth-order valence-electron chi connectivity index (χ4n) is 1.71. The molecular weight excluding hydrogens is 246 g/mol. The lowest BCUT2D eigenvalue weighted by atomic mass is 9.99. The Kier molecular flexibility index (Phi) is 5.79. The average molecular weight is 267 g/mol. The molecule has 0 spiro atoms. The van der Waals surface area contributed by atoms with Crippen molar-refractivity contribution in [2.24, 2.45) is 5.73 Å². The number of nitrogens with two attached hydrogens (primary N) is 1. The summed E-state index contributed by atoms with van der Waals surface area (Å²) in [5.74, 6) is -0.187. The zero-order valence-corrected chi connectivity index (χ0v) is 11.2. The Bertz CT molecular complexity index is 402. The van der Waals surface area contributed by atoms with E-state index in [2.05, 4.69) is 0 Å². The summed E-state index contributed by atoms with van der Waals surface area (Å²) in [4.78, 5) is 10.5. The van der Waals surface area contributed by atoms with Crippen LogP contribution in [0, 0.1) is 0 Å². The summed E-state index contributed by atoms with van der Waals surface area (Å²) in [6.45, 7) is 3.87. The number of ether oxygens (including phenoxy) is 1. The number of rotatable bonds is 7. The van der Waals surface area contributed by atoms with Gasteiger partial charge in [0, 0.05) is 12.5 Å². The van der Waals surface area contributed by atoms with Crippen molar-refractivity contribution in [2.75, 3.05) is 0 Å². The Hall–Kier alpha value is -1.59. The SMILES string of the molecule is CC(C)Oc1ccc(C(O)C(N)CCC(=O)O)cc1. The van der Waals surface area contributed by atoms with Crippen LogP contribution >= 0.6 is 0 Å². The zero-order valence-electron chi connectivity index (χ0n) is 11.2. The molecule has 2 unspecified atom stereocenters. The maximum absolute atomic E-state index is 10.5. The van der Waals surface area contributed by atoms with E-state index in [-0.39, 0.29) is 18.9 Å². The number of benzene rings is 1. The molecule has 2 atom stereocenters. The van der Waals surface area contributed by atoms with Gasteiger partial charge in [0.15, 0.2) is 0 Å². The molecule has 5 nitrogen and oxygen atoms in total. The van der Waals surface area contributed by atoms with E-state index in [4.69, 9.17) is 15.6 Å². The first-order valence-corrected chi connectivity index (χ1v) is 6.32. The third kappa shape index (κ3) is 5.28. The highest BCUT2D eigenvalue weighted by atomic mass is 16.5. The molecular formula is C14H21NO4. The van der Waals surface area contributed by atoms with Gasteiger partial charge in [-0.1, -0.05) is 12.1 Å². The van der Waals surface area contributed by atoms with E-state index >= 15 is 0 Å². The first-order valence-electron chi connectivity index (χ1n) is 6.32. The first kappa shape index (κ1) is 15.5. The third-order valence-corrected chi connectivity index (χ3v) is 2.69. The van der Waals surface area contributed by atoms with Gasteiger partial charge in [0.05, 0.1) is 12.2 Å². The molecule has 0 heterocycles. The van der Waals surface area contributed by atoms with E-state index in [1.54, 1.807) is 24.3 Å². The van der Waals surface area contributed by atoms with E-state index in [9.17, 15) is 9.90 Å². The second kappa shape index (κ2) is 7.11. The fourth-order valence-corrected chi connectivity index (χ4v) is 1.71. The molecule has 0 radical (unpaired) electrons. The van der Waals surface area contributed by atoms with Gasteiger partial charge in [-0.3, -0.25) is 4.79 Å². The predicted molar refractivity (Wildman–Crippen MR) is 72.0 cm³/mol. The van der Waals surface area contributed by atoms with Crippen molar-refractivity contribution in [1.29, 1.82) is 0 Å². The molecule has 0 aliphatic carbocycles. The number of carbonyl (C=O) groups is 1. The molecule has 1 rings (SSSR count). The number of aliphatic carboxylic acids is 1. The predicted octanol–water partition coefficient (Wildman–Crippen LogP) is 1.70. The maximum atomic E-state index is 10.5. The molecule has 4 N–H and O–H groups in total. The van der Waals surface area contributed by atoms with Gasteiger partial charge in [0.25, 0.3) is 0 Å². The number of hydrogen-bond acceptors (Lipinski definition) is 4. The smallest absolute Gasteiger partial charge is 0.303 e. The highest BCUT2D eigenvalue weighted by Gasteiger charge is 2.17.